The second-order valence-corrected chi connectivity index (χ2v) is 5.70. The smallest absolute Gasteiger partial charge is 0.256 e. The lowest BCUT2D eigenvalue weighted by Crippen LogP contribution is -2.44. The highest BCUT2D eigenvalue weighted by molar-refractivity contribution is 5.83. The molecule has 0 radical (unpaired) electrons. The molecule has 0 aliphatic carbocycles. The van der Waals surface area contributed by atoms with Gasteiger partial charge in [0.05, 0.1) is 0 Å². The summed E-state index contributed by atoms with van der Waals surface area (Å²) in [5.41, 5.74) is 0.607. The lowest BCUT2D eigenvalue weighted by Gasteiger charge is -2.32. The van der Waals surface area contributed by atoms with Gasteiger partial charge in [-0.2, -0.15) is 0 Å². The van der Waals surface area contributed by atoms with Gasteiger partial charge in [0.1, 0.15) is 0 Å². The largest absolute Gasteiger partial charge is 0.378 e. The Hall–Kier alpha value is -1.88. The third kappa shape index (κ3) is 4.07. The molecule has 0 aromatic heterocycles. The number of aliphatic hydroxyl groups excluding tert-OH is 1. The fourth-order valence-corrected chi connectivity index (χ4v) is 2.71. The number of carbonyl (C=O) groups is 2. The molecule has 1 fully saturated rings. The third-order valence-electron chi connectivity index (χ3n) is 4.08. The first-order valence-electron chi connectivity index (χ1n) is 7.93. The summed E-state index contributed by atoms with van der Waals surface area (Å²) < 4.78 is 0. The van der Waals surface area contributed by atoms with Crippen molar-refractivity contribution in [2.45, 2.75) is 32.3 Å². The number of piperidine rings is 1. The van der Waals surface area contributed by atoms with Crippen molar-refractivity contribution < 1.29 is 14.7 Å². The molecule has 1 atom stereocenters. The molecule has 0 spiro atoms. The Morgan fingerprint density at radius 3 is 2.50 bits per heavy atom. The van der Waals surface area contributed by atoms with Crippen LogP contribution in [0.1, 0.15) is 37.9 Å². The fourth-order valence-electron chi connectivity index (χ4n) is 2.71. The average Bonchev–Trinajstić information content (AvgIpc) is 2.59. The Morgan fingerprint density at radius 2 is 1.91 bits per heavy atom. The molecule has 2 amide bonds. The number of nitrogens with one attached hydrogen (secondary N) is 1. The van der Waals surface area contributed by atoms with Crippen LogP contribution in [0.3, 0.4) is 0 Å². The first-order chi connectivity index (χ1) is 10.6. The van der Waals surface area contributed by atoms with Crippen LogP contribution >= 0.6 is 0 Å². The molecule has 0 saturated carbocycles. The molecule has 1 aliphatic heterocycles. The highest BCUT2D eigenvalue weighted by Crippen LogP contribution is 2.22. The van der Waals surface area contributed by atoms with Crippen molar-refractivity contribution in [3.05, 3.63) is 35.9 Å². The number of hydrogen-bond donors (Lipinski definition) is 2. The molecule has 2 N–H and O–H groups in total. The molecule has 5 nitrogen and oxygen atoms in total. The minimum Gasteiger partial charge on any atom is -0.378 e. The van der Waals surface area contributed by atoms with Crippen LogP contribution < -0.4 is 5.32 Å². The van der Waals surface area contributed by atoms with Gasteiger partial charge in [0, 0.05) is 25.6 Å². The first kappa shape index (κ1) is 16.5. The van der Waals surface area contributed by atoms with E-state index in [4.69, 9.17) is 0 Å². The maximum Gasteiger partial charge on any atom is 0.256 e. The second-order valence-electron chi connectivity index (χ2n) is 5.70. The summed E-state index contributed by atoms with van der Waals surface area (Å²) in [5, 5.41) is 13.1. The predicted molar refractivity (Wildman–Crippen MR) is 84.0 cm³/mol. The van der Waals surface area contributed by atoms with E-state index in [1.54, 1.807) is 29.2 Å². The zero-order valence-electron chi connectivity index (χ0n) is 13.0. The molecule has 5 heteroatoms. The number of aliphatic hydroxyl groups is 1. The van der Waals surface area contributed by atoms with Crippen molar-refractivity contribution in [2.24, 2.45) is 5.92 Å². The van der Waals surface area contributed by atoms with E-state index in [1.807, 2.05) is 13.0 Å². The summed E-state index contributed by atoms with van der Waals surface area (Å²) in [6, 6.07) is 8.94. The minimum absolute atomic E-state index is 0.0236. The van der Waals surface area contributed by atoms with E-state index >= 15 is 0 Å². The molecular weight excluding hydrogens is 280 g/mol. The van der Waals surface area contributed by atoms with E-state index in [0.29, 0.717) is 38.0 Å². The highest BCUT2D eigenvalue weighted by atomic mass is 16.3. The van der Waals surface area contributed by atoms with E-state index < -0.39 is 6.10 Å². The summed E-state index contributed by atoms with van der Waals surface area (Å²) in [7, 11) is 0. The molecule has 1 unspecified atom stereocenters. The van der Waals surface area contributed by atoms with Gasteiger partial charge < -0.3 is 15.3 Å². The van der Waals surface area contributed by atoms with Crippen molar-refractivity contribution >= 4 is 11.8 Å². The Morgan fingerprint density at radius 1 is 1.27 bits per heavy atom. The molecule has 0 bridgehead atoms. The van der Waals surface area contributed by atoms with Gasteiger partial charge in [0.15, 0.2) is 6.10 Å². The molecule has 1 aromatic rings. The summed E-state index contributed by atoms with van der Waals surface area (Å²) in [6.07, 6.45) is 1.12. The Bertz CT molecular complexity index is 496. The van der Waals surface area contributed by atoms with Crippen LogP contribution in [0.15, 0.2) is 30.3 Å². The molecule has 1 aromatic carbocycles. The molecule has 1 heterocycles. The summed E-state index contributed by atoms with van der Waals surface area (Å²) in [6.45, 7) is 3.76. The first-order valence-corrected chi connectivity index (χ1v) is 7.93. The van der Waals surface area contributed by atoms with Crippen molar-refractivity contribution in [1.82, 2.24) is 10.2 Å². The zero-order valence-corrected chi connectivity index (χ0v) is 13.0. The number of carbonyl (C=O) groups excluding carboxylic acids is 2. The number of benzene rings is 1. The SMILES string of the molecule is CCCNC(=O)C1CCN(C(=O)C(O)c2ccccc2)CC1. The lowest BCUT2D eigenvalue weighted by atomic mass is 9.95. The van der Waals surface area contributed by atoms with E-state index in [9.17, 15) is 14.7 Å². The number of likely N-dealkylation sites (tertiary alicyclic amines) is 1. The van der Waals surface area contributed by atoms with Crippen LogP contribution in [0.2, 0.25) is 0 Å². The quantitative estimate of drug-likeness (QED) is 0.866. The molecule has 2 rings (SSSR count). The molecule has 22 heavy (non-hydrogen) atoms. The monoisotopic (exact) mass is 304 g/mol. The van der Waals surface area contributed by atoms with Gasteiger partial charge in [0.2, 0.25) is 5.91 Å². The Balaban J connectivity index is 1.86. The topological polar surface area (TPSA) is 69.6 Å². The van der Waals surface area contributed by atoms with Crippen LogP contribution in [0.25, 0.3) is 0 Å². The van der Waals surface area contributed by atoms with Crippen LogP contribution in [0.4, 0.5) is 0 Å². The highest BCUT2D eigenvalue weighted by Gasteiger charge is 2.30. The van der Waals surface area contributed by atoms with Crippen LogP contribution in [-0.4, -0.2) is 41.5 Å². The van der Waals surface area contributed by atoms with Gasteiger partial charge in [-0.05, 0) is 24.8 Å². The standard InChI is InChI=1S/C17H24N2O3/c1-2-10-18-16(21)14-8-11-19(12-9-14)17(22)15(20)13-6-4-3-5-7-13/h3-7,14-15,20H,2,8-12H2,1H3,(H,18,21). The predicted octanol–water partition coefficient (Wildman–Crippen LogP) is 1.48. The van der Waals surface area contributed by atoms with Crippen molar-refractivity contribution in [3.8, 4) is 0 Å². The van der Waals surface area contributed by atoms with E-state index in [0.717, 1.165) is 6.42 Å². The van der Waals surface area contributed by atoms with Gasteiger partial charge in [-0.3, -0.25) is 9.59 Å². The zero-order chi connectivity index (χ0) is 15.9. The lowest BCUT2D eigenvalue weighted by molar-refractivity contribution is -0.143. The van der Waals surface area contributed by atoms with Crippen LogP contribution in [-0.2, 0) is 9.59 Å². The maximum atomic E-state index is 12.3. The number of nitrogens with zero attached hydrogens (tertiary/aromatic N) is 1. The number of rotatable bonds is 5. The summed E-state index contributed by atoms with van der Waals surface area (Å²) in [4.78, 5) is 25.9. The maximum absolute atomic E-state index is 12.3. The summed E-state index contributed by atoms with van der Waals surface area (Å²) in [5.74, 6) is -0.222. The molecular formula is C17H24N2O3. The summed E-state index contributed by atoms with van der Waals surface area (Å²) >= 11 is 0. The van der Waals surface area contributed by atoms with Gasteiger partial charge in [-0.15, -0.1) is 0 Å². The van der Waals surface area contributed by atoms with Crippen molar-refractivity contribution in [3.63, 3.8) is 0 Å². The average molecular weight is 304 g/mol. The van der Waals surface area contributed by atoms with E-state index in [-0.39, 0.29) is 17.7 Å². The molecule has 1 aliphatic rings. The fraction of sp³-hybridized carbons (Fsp3) is 0.529. The Labute approximate surface area is 131 Å². The van der Waals surface area contributed by atoms with Gasteiger partial charge in [-0.1, -0.05) is 37.3 Å². The van der Waals surface area contributed by atoms with Crippen LogP contribution in [0, 0.1) is 5.92 Å². The molecule has 120 valence electrons. The Kier molecular flexibility index (Phi) is 5.95. The second kappa shape index (κ2) is 7.94. The van der Waals surface area contributed by atoms with E-state index in [1.165, 1.54) is 0 Å². The number of amides is 2. The molecule has 1 saturated heterocycles. The number of hydrogen-bond acceptors (Lipinski definition) is 3. The van der Waals surface area contributed by atoms with Gasteiger partial charge in [0.25, 0.3) is 5.91 Å². The minimum atomic E-state index is -1.12. The van der Waals surface area contributed by atoms with E-state index in [2.05, 4.69) is 5.32 Å². The van der Waals surface area contributed by atoms with Crippen LogP contribution in [0.5, 0.6) is 0 Å². The van der Waals surface area contributed by atoms with Crippen molar-refractivity contribution in [2.75, 3.05) is 19.6 Å². The van der Waals surface area contributed by atoms with Gasteiger partial charge in [-0.25, -0.2) is 0 Å². The van der Waals surface area contributed by atoms with Crippen molar-refractivity contribution in [1.29, 1.82) is 0 Å². The van der Waals surface area contributed by atoms with Gasteiger partial charge >= 0.3 is 0 Å². The normalized spacial score (nSPS) is 17.1. The third-order valence-corrected chi connectivity index (χ3v) is 4.08.